The summed E-state index contributed by atoms with van der Waals surface area (Å²) in [6.07, 6.45) is 2.24. The van der Waals surface area contributed by atoms with Gasteiger partial charge in [0.25, 0.3) is 5.91 Å². The number of likely N-dealkylation sites (tertiary alicyclic amines) is 1. The molecule has 1 aliphatic heterocycles. The molecule has 0 saturated carbocycles. The van der Waals surface area contributed by atoms with Crippen molar-refractivity contribution in [2.75, 3.05) is 26.3 Å². The first-order valence-electron chi connectivity index (χ1n) is 8.48. The van der Waals surface area contributed by atoms with Gasteiger partial charge in [-0.15, -0.1) is 12.4 Å². The smallest absolute Gasteiger partial charge is 0.308 e. The molecule has 1 aromatic rings. The summed E-state index contributed by atoms with van der Waals surface area (Å²) in [5.74, 6) is -0.295. The quantitative estimate of drug-likeness (QED) is 0.759. The van der Waals surface area contributed by atoms with Gasteiger partial charge < -0.3 is 19.5 Å². The molecule has 6 nitrogen and oxygen atoms in total. The molecular formula is C18H26ClNO5. The van der Waals surface area contributed by atoms with E-state index >= 15 is 0 Å². The van der Waals surface area contributed by atoms with Crippen molar-refractivity contribution >= 4 is 24.3 Å². The van der Waals surface area contributed by atoms with Gasteiger partial charge in [0.15, 0.2) is 11.5 Å². The lowest BCUT2D eigenvalue weighted by atomic mass is 10.1. The predicted octanol–water partition coefficient (Wildman–Crippen LogP) is 3.23. The van der Waals surface area contributed by atoms with Crippen molar-refractivity contribution in [2.45, 2.75) is 33.1 Å². The second kappa shape index (κ2) is 10.1. The van der Waals surface area contributed by atoms with Gasteiger partial charge in [0.05, 0.1) is 19.1 Å². The molecular weight excluding hydrogens is 346 g/mol. The molecule has 1 atom stereocenters. The number of aliphatic carboxylic acids is 1. The number of hydrogen-bond acceptors (Lipinski definition) is 4. The van der Waals surface area contributed by atoms with E-state index in [9.17, 15) is 9.59 Å². The fraction of sp³-hybridized carbons (Fsp3) is 0.556. The van der Waals surface area contributed by atoms with Gasteiger partial charge in [-0.1, -0.05) is 13.8 Å². The molecule has 1 N–H and O–H groups in total. The van der Waals surface area contributed by atoms with Crippen LogP contribution in [0.5, 0.6) is 11.5 Å². The Morgan fingerprint density at radius 2 is 1.80 bits per heavy atom. The van der Waals surface area contributed by atoms with Crippen LogP contribution in [0.25, 0.3) is 0 Å². The van der Waals surface area contributed by atoms with E-state index in [0.717, 1.165) is 12.8 Å². The minimum Gasteiger partial charge on any atom is -0.490 e. The summed E-state index contributed by atoms with van der Waals surface area (Å²) in [6, 6.07) is 5.15. The highest BCUT2D eigenvalue weighted by Gasteiger charge is 2.31. The monoisotopic (exact) mass is 371 g/mol. The Morgan fingerprint density at radius 3 is 2.36 bits per heavy atom. The van der Waals surface area contributed by atoms with Crippen molar-refractivity contribution in [3.05, 3.63) is 23.8 Å². The lowest BCUT2D eigenvalue weighted by Crippen LogP contribution is -2.29. The maximum absolute atomic E-state index is 12.6. The number of benzene rings is 1. The maximum atomic E-state index is 12.6. The van der Waals surface area contributed by atoms with Crippen LogP contribution < -0.4 is 9.47 Å². The Balaban J connectivity index is 0.00000312. The summed E-state index contributed by atoms with van der Waals surface area (Å²) in [6.45, 7) is 5.89. The molecule has 1 unspecified atom stereocenters. The molecule has 1 aromatic carbocycles. The number of carbonyl (C=O) groups is 2. The largest absolute Gasteiger partial charge is 0.490 e. The number of amides is 1. The Bertz CT molecular complexity index is 593. The van der Waals surface area contributed by atoms with Crippen LogP contribution in [-0.2, 0) is 4.79 Å². The van der Waals surface area contributed by atoms with Crippen molar-refractivity contribution in [3.63, 3.8) is 0 Å². The lowest BCUT2D eigenvalue weighted by Gasteiger charge is -2.18. The van der Waals surface area contributed by atoms with Crippen LogP contribution >= 0.6 is 12.4 Å². The summed E-state index contributed by atoms with van der Waals surface area (Å²) >= 11 is 0. The van der Waals surface area contributed by atoms with Gasteiger partial charge in [0.2, 0.25) is 0 Å². The highest BCUT2D eigenvalue weighted by molar-refractivity contribution is 5.95. The molecule has 7 heteroatoms. The summed E-state index contributed by atoms with van der Waals surface area (Å²) in [7, 11) is 0. The normalized spacial score (nSPS) is 16.2. The fourth-order valence-electron chi connectivity index (χ4n) is 2.63. The van der Waals surface area contributed by atoms with Gasteiger partial charge in [-0.05, 0) is 37.5 Å². The van der Waals surface area contributed by atoms with E-state index in [4.69, 9.17) is 14.6 Å². The van der Waals surface area contributed by atoms with Gasteiger partial charge in [0.1, 0.15) is 0 Å². The summed E-state index contributed by atoms with van der Waals surface area (Å²) in [5, 5.41) is 9.07. The first-order valence-corrected chi connectivity index (χ1v) is 8.48. The van der Waals surface area contributed by atoms with Crippen molar-refractivity contribution in [2.24, 2.45) is 5.92 Å². The van der Waals surface area contributed by atoms with E-state index in [1.54, 1.807) is 23.1 Å². The Hall–Kier alpha value is -1.95. The van der Waals surface area contributed by atoms with Gasteiger partial charge in [-0.2, -0.15) is 0 Å². The molecule has 0 spiro atoms. The molecule has 25 heavy (non-hydrogen) atoms. The minimum atomic E-state index is -0.847. The SMILES string of the molecule is CCCOc1ccc(C(=O)N2CCC(C(=O)O)C2)cc1OCCC.Cl. The van der Waals surface area contributed by atoms with E-state index in [0.29, 0.717) is 43.2 Å². The molecule has 2 rings (SSSR count). The van der Waals surface area contributed by atoms with Crippen LogP contribution in [0.4, 0.5) is 0 Å². The number of carbonyl (C=O) groups excluding carboxylic acids is 1. The van der Waals surface area contributed by atoms with Crippen LogP contribution in [0.3, 0.4) is 0 Å². The molecule has 1 saturated heterocycles. The third-order valence-corrected chi connectivity index (χ3v) is 3.94. The molecule has 1 aliphatic rings. The number of carboxylic acid groups (broad SMARTS) is 1. The molecule has 0 bridgehead atoms. The van der Waals surface area contributed by atoms with E-state index < -0.39 is 11.9 Å². The lowest BCUT2D eigenvalue weighted by molar-refractivity contribution is -0.141. The number of hydrogen-bond donors (Lipinski definition) is 1. The van der Waals surface area contributed by atoms with Gasteiger partial charge >= 0.3 is 5.97 Å². The number of halogens is 1. The van der Waals surface area contributed by atoms with Crippen LogP contribution in [0.2, 0.25) is 0 Å². The van der Waals surface area contributed by atoms with Gasteiger partial charge in [0, 0.05) is 18.7 Å². The van der Waals surface area contributed by atoms with E-state index in [2.05, 4.69) is 0 Å². The van der Waals surface area contributed by atoms with E-state index in [1.807, 2.05) is 13.8 Å². The fourth-order valence-corrected chi connectivity index (χ4v) is 2.63. The van der Waals surface area contributed by atoms with Crippen molar-refractivity contribution < 1.29 is 24.2 Å². The number of nitrogens with zero attached hydrogens (tertiary/aromatic N) is 1. The van der Waals surface area contributed by atoms with Crippen LogP contribution in [-0.4, -0.2) is 48.2 Å². The first-order chi connectivity index (χ1) is 11.6. The summed E-state index contributed by atoms with van der Waals surface area (Å²) in [5.41, 5.74) is 0.496. The number of ether oxygens (including phenoxy) is 2. The van der Waals surface area contributed by atoms with E-state index in [1.165, 1.54) is 0 Å². The zero-order valence-electron chi connectivity index (χ0n) is 14.7. The molecule has 1 fully saturated rings. The van der Waals surface area contributed by atoms with Crippen LogP contribution in [0.1, 0.15) is 43.5 Å². The first kappa shape index (κ1) is 21.1. The predicted molar refractivity (Wildman–Crippen MR) is 96.9 cm³/mol. The Labute approximate surface area is 154 Å². The van der Waals surface area contributed by atoms with Crippen molar-refractivity contribution in [3.8, 4) is 11.5 Å². The zero-order valence-corrected chi connectivity index (χ0v) is 15.5. The third-order valence-electron chi connectivity index (χ3n) is 3.94. The Morgan fingerprint density at radius 1 is 1.16 bits per heavy atom. The molecule has 0 radical (unpaired) electrons. The molecule has 140 valence electrons. The molecule has 0 aliphatic carbocycles. The number of carboxylic acids is 1. The van der Waals surface area contributed by atoms with Crippen LogP contribution in [0, 0.1) is 5.92 Å². The third kappa shape index (κ3) is 5.53. The average molecular weight is 372 g/mol. The van der Waals surface area contributed by atoms with E-state index in [-0.39, 0.29) is 24.9 Å². The maximum Gasteiger partial charge on any atom is 0.308 e. The van der Waals surface area contributed by atoms with Crippen molar-refractivity contribution in [1.82, 2.24) is 4.90 Å². The van der Waals surface area contributed by atoms with Crippen LogP contribution in [0.15, 0.2) is 18.2 Å². The summed E-state index contributed by atoms with van der Waals surface area (Å²) in [4.78, 5) is 25.2. The second-order valence-corrected chi connectivity index (χ2v) is 5.93. The topological polar surface area (TPSA) is 76.1 Å². The standard InChI is InChI=1S/C18H25NO5.ClH/c1-3-9-23-15-6-5-13(11-16(15)24-10-4-2)17(20)19-8-7-14(12-19)18(21)22;/h5-6,11,14H,3-4,7-10,12H2,1-2H3,(H,21,22);1H. The molecule has 0 aromatic heterocycles. The minimum absolute atomic E-state index is 0. The zero-order chi connectivity index (χ0) is 17.5. The average Bonchev–Trinajstić information content (AvgIpc) is 3.08. The van der Waals surface area contributed by atoms with Gasteiger partial charge in [-0.25, -0.2) is 0 Å². The highest BCUT2D eigenvalue weighted by Crippen LogP contribution is 2.30. The number of rotatable bonds is 8. The highest BCUT2D eigenvalue weighted by atomic mass is 35.5. The molecule has 1 heterocycles. The second-order valence-electron chi connectivity index (χ2n) is 5.93. The van der Waals surface area contributed by atoms with Gasteiger partial charge in [-0.3, -0.25) is 9.59 Å². The molecule has 1 amide bonds. The Kier molecular flexibility index (Phi) is 8.55. The van der Waals surface area contributed by atoms with Crippen molar-refractivity contribution in [1.29, 1.82) is 0 Å². The summed E-state index contributed by atoms with van der Waals surface area (Å²) < 4.78 is 11.4.